The Bertz CT molecular complexity index is 468. The van der Waals surface area contributed by atoms with Gasteiger partial charge in [0.15, 0.2) is 0 Å². The van der Waals surface area contributed by atoms with E-state index in [4.69, 9.17) is 5.73 Å². The van der Waals surface area contributed by atoms with E-state index in [1.165, 1.54) is 6.07 Å². The van der Waals surface area contributed by atoms with E-state index < -0.39 is 4.92 Å². The van der Waals surface area contributed by atoms with Crippen molar-refractivity contribution in [1.29, 1.82) is 0 Å². The number of hydrogen-bond acceptors (Lipinski definition) is 5. The Morgan fingerprint density at radius 1 is 1.42 bits per heavy atom. The van der Waals surface area contributed by atoms with E-state index in [-0.39, 0.29) is 11.5 Å². The molecule has 0 saturated carbocycles. The van der Waals surface area contributed by atoms with Crippen molar-refractivity contribution in [3.05, 3.63) is 22.2 Å². The van der Waals surface area contributed by atoms with Gasteiger partial charge in [0.1, 0.15) is 5.82 Å². The maximum atomic E-state index is 10.7. The van der Waals surface area contributed by atoms with Crippen molar-refractivity contribution in [2.75, 3.05) is 23.7 Å². The van der Waals surface area contributed by atoms with Gasteiger partial charge < -0.3 is 10.6 Å². The van der Waals surface area contributed by atoms with Gasteiger partial charge in [0.25, 0.3) is 0 Å². The van der Waals surface area contributed by atoms with Gasteiger partial charge in [0.2, 0.25) is 5.82 Å². The molecule has 1 aromatic heterocycles. The molecule has 0 radical (unpaired) electrons. The predicted molar refractivity (Wildman–Crippen MR) is 75.1 cm³/mol. The van der Waals surface area contributed by atoms with E-state index in [9.17, 15) is 10.1 Å². The minimum atomic E-state index is -0.503. The van der Waals surface area contributed by atoms with Crippen LogP contribution in [0.5, 0.6) is 0 Å². The molecule has 2 N–H and O–H groups in total. The Labute approximate surface area is 112 Å². The van der Waals surface area contributed by atoms with Crippen LogP contribution in [0.15, 0.2) is 12.1 Å². The molecule has 0 bridgehead atoms. The van der Waals surface area contributed by atoms with Crippen molar-refractivity contribution in [3.63, 3.8) is 0 Å². The van der Waals surface area contributed by atoms with Gasteiger partial charge in [-0.1, -0.05) is 13.8 Å². The monoisotopic (exact) mass is 264 g/mol. The lowest BCUT2D eigenvalue weighted by atomic mass is 9.87. The largest absolute Gasteiger partial charge is 0.378 e. The Morgan fingerprint density at radius 3 is 2.53 bits per heavy atom. The van der Waals surface area contributed by atoms with E-state index in [0.717, 1.165) is 37.7 Å². The van der Waals surface area contributed by atoms with Crippen LogP contribution in [0.1, 0.15) is 26.7 Å². The van der Waals surface area contributed by atoms with E-state index >= 15 is 0 Å². The third kappa shape index (κ3) is 2.94. The zero-order chi connectivity index (χ0) is 14.0. The van der Waals surface area contributed by atoms with Gasteiger partial charge in [-0.2, -0.15) is 0 Å². The summed E-state index contributed by atoms with van der Waals surface area (Å²) in [4.78, 5) is 16.5. The fourth-order valence-corrected chi connectivity index (χ4v) is 2.58. The molecule has 0 aromatic carbocycles. The van der Waals surface area contributed by atoms with Crippen LogP contribution in [-0.2, 0) is 0 Å². The molecule has 0 amide bonds. The third-order valence-corrected chi connectivity index (χ3v) is 3.89. The Morgan fingerprint density at radius 2 is 2.05 bits per heavy atom. The smallest absolute Gasteiger partial charge is 0.311 e. The number of rotatable bonds is 3. The maximum Gasteiger partial charge on any atom is 0.311 e. The lowest BCUT2D eigenvalue weighted by Crippen LogP contribution is -2.35. The molecule has 1 aromatic rings. The van der Waals surface area contributed by atoms with Gasteiger partial charge in [-0.05, 0) is 30.7 Å². The van der Waals surface area contributed by atoms with Crippen molar-refractivity contribution >= 4 is 17.3 Å². The van der Waals surface area contributed by atoms with E-state index in [1.54, 1.807) is 6.07 Å². The molecule has 104 valence electrons. The quantitative estimate of drug-likeness (QED) is 0.669. The summed E-state index contributed by atoms with van der Waals surface area (Å²) in [6.45, 7) is 6.38. The van der Waals surface area contributed by atoms with Gasteiger partial charge in [-0.25, -0.2) is 4.98 Å². The SMILES string of the molecule is CC(C)C1CCN(c2ccc([N+](=O)[O-])c(N)n2)CC1. The van der Waals surface area contributed by atoms with Gasteiger partial charge in [-0.3, -0.25) is 10.1 Å². The molecule has 1 aliphatic heterocycles. The summed E-state index contributed by atoms with van der Waals surface area (Å²) in [6, 6.07) is 3.12. The zero-order valence-electron chi connectivity index (χ0n) is 11.4. The first-order valence-electron chi connectivity index (χ1n) is 6.65. The van der Waals surface area contributed by atoms with Crippen molar-refractivity contribution in [3.8, 4) is 0 Å². The fourth-order valence-electron chi connectivity index (χ4n) is 2.58. The van der Waals surface area contributed by atoms with Gasteiger partial charge in [0.05, 0.1) is 4.92 Å². The second kappa shape index (κ2) is 5.42. The normalized spacial score (nSPS) is 16.9. The maximum absolute atomic E-state index is 10.7. The number of nitrogen functional groups attached to an aromatic ring is 1. The minimum Gasteiger partial charge on any atom is -0.378 e. The molecule has 1 fully saturated rings. The van der Waals surface area contributed by atoms with Crippen LogP contribution in [0.25, 0.3) is 0 Å². The number of anilines is 2. The molecule has 1 aliphatic rings. The summed E-state index contributed by atoms with van der Waals surface area (Å²) in [5, 5.41) is 10.7. The second-order valence-electron chi connectivity index (χ2n) is 5.40. The third-order valence-electron chi connectivity index (χ3n) is 3.89. The molecular weight excluding hydrogens is 244 g/mol. The van der Waals surface area contributed by atoms with Crippen LogP contribution in [0.2, 0.25) is 0 Å². The van der Waals surface area contributed by atoms with Crippen LogP contribution in [-0.4, -0.2) is 23.0 Å². The molecule has 1 saturated heterocycles. The van der Waals surface area contributed by atoms with Gasteiger partial charge in [-0.15, -0.1) is 0 Å². The number of nitrogens with zero attached hydrogens (tertiary/aromatic N) is 3. The number of piperidine rings is 1. The highest BCUT2D eigenvalue weighted by Gasteiger charge is 2.23. The summed E-state index contributed by atoms with van der Waals surface area (Å²) in [7, 11) is 0. The van der Waals surface area contributed by atoms with Crippen LogP contribution < -0.4 is 10.6 Å². The standard InChI is InChI=1S/C13H20N4O2/c1-9(2)10-5-7-16(8-6-10)12-4-3-11(17(18)19)13(14)15-12/h3-4,9-10H,5-8H2,1-2H3,(H2,14,15). The highest BCUT2D eigenvalue weighted by atomic mass is 16.6. The molecule has 19 heavy (non-hydrogen) atoms. The van der Waals surface area contributed by atoms with Crippen molar-refractivity contribution < 1.29 is 4.92 Å². The highest BCUT2D eigenvalue weighted by Crippen LogP contribution is 2.29. The Balaban J connectivity index is 2.08. The lowest BCUT2D eigenvalue weighted by Gasteiger charge is -2.34. The summed E-state index contributed by atoms with van der Waals surface area (Å²) < 4.78 is 0. The predicted octanol–water partition coefficient (Wildman–Crippen LogP) is 2.44. The van der Waals surface area contributed by atoms with Crippen molar-refractivity contribution in [1.82, 2.24) is 4.98 Å². The number of nitrogens with two attached hydrogens (primary N) is 1. The first-order valence-corrected chi connectivity index (χ1v) is 6.65. The number of nitro groups is 1. The Kier molecular flexibility index (Phi) is 3.87. The average molecular weight is 264 g/mol. The summed E-state index contributed by atoms with van der Waals surface area (Å²) >= 11 is 0. The van der Waals surface area contributed by atoms with Crippen molar-refractivity contribution in [2.45, 2.75) is 26.7 Å². The van der Waals surface area contributed by atoms with Crippen LogP contribution in [0.4, 0.5) is 17.3 Å². The molecule has 6 heteroatoms. The highest BCUT2D eigenvalue weighted by molar-refractivity contribution is 5.58. The van der Waals surface area contributed by atoms with Crippen LogP contribution in [0.3, 0.4) is 0 Å². The lowest BCUT2D eigenvalue weighted by molar-refractivity contribution is -0.384. The molecule has 6 nitrogen and oxygen atoms in total. The number of pyridine rings is 1. The Hall–Kier alpha value is -1.85. The molecule has 0 unspecified atom stereocenters. The number of aromatic nitrogens is 1. The molecule has 0 atom stereocenters. The first kappa shape index (κ1) is 13.6. The van der Waals surface area contributed by atoms with Crippen molar-refractivity contribution in [2.24, 2.45) is 11.8 Å². The summed E-state index contributed by atoms with van der Waals surface area (Å²) in [6.07, 6.45) is 2.27. The van der Waals surface area contributed by atoms with Crippen LogP contribution >= 0.6 is 0 Å². The topological polar surface area (TPSA) is 85.3 Å². The number of hydrogen-bond donors (Lipinski definition) is 1. The molecule has 2 rings (SSSR count). The molecule has 0 spiro atoms. The van der Waals surface area contributed by atoms with Crippen LogP contribution in [0, 0.1) is 22.0 Å². The average Bonchev–Trinajstić information content (AvgIpc) is 2.38. The van der Waals surface area contributed by atoms with Gasteiger partial charge in [0, 0.05) is 19.2 Å². The van der Waals surface area contributed by atoms with E-state index in [0.29, 0.717) is 5.92 Å². The van der Waals surface area contributed by atoms with E-state index in [2.05, 4.69) is 23.7 Å². The van der Waals surface area contributed by atoms with Gasteiger partial charge >= 0.3 is 5.69 Å². The minimum absolute atomic E-state index is 0.00603. The first-order chi connectivity index (χ1) is 8.99. The zero-order valence-corrected chi connectivity index (χ0v) is 11.4. The second-order valence-corrected chi connectivity index (χ2v) is 5.40. The fraction of sp³-hybridized carbons (Fsp3) is 0.615. The summed E-state index contributed by atoms with van der Waals surface area (Å²) in [5.74, 6) is 2.20. The summed E-state index contributed by atoms with van der Waals surface area (Å²) in [5.41, 5.74) is 5.50. The molecular formula is C13H20N4O2. The molecule has 2 heterocycles. The van der Waals surface area contributed by atoms with E-state index in [1.807, 2.05) is 0 Å². The molecule has 0 aliphatic carbocycles.